The van der Waals surface area contributed by atoms with Gasteiger partial charge in [0.05, 0.1) is 6.42 Å². The zero-order chi connectivity index (χ0) is 13.8. The van der Waals surface area contributed by atoms with E-state index in [2.05, 4.69) is 23.1 Å². The molecule has 0 atom stereocenters. The average molecular weight is 271 g/mol. The molecule has 1 aromatic carbocycles. The van der Waals surface area contributed by atoms with Crippen molar-refractivity contribution in [2.45, 2.75) is 57.8 Å². The fraction of sp³-hybridized carbons (Fsp3) is 0.611. The Morgan fingerprint density at radius 2 is 1.60 bits per heavy atom. The normalized spacial score (nSPS) is 19.3. The highest BCUT2D eigenvalue weighted by molar-refractivity contribution is 5.78. The first-order chi connectivity index (χ1) is 9.83. The van der Waals surface area contributed by atoms with E-state index in [-0.39, 0.29) is 0 Å². The van der Waals surface area contributed by atoms with Crippen LogP contribution in [0.4, 0.5) is 0 Å². The summed E-state index contributed by atoms with van der Waals surface area (Å²) >= 11 is 0. The molecule has 108 valence electrons. The van der Waals surface area contributed by atoms with Crippen LogP contribution >= 0.6 is 0 Å². The number of benzene rings is 1. The first-order valence-corrected chi connectivity index (χ1v) is 8.21. The van der Waals surface area contributed by atoms with Crippen LogP contribution in [0.1, 0.15) is 55.2 Å². The minimum Gasteiger partial charge on any atom is -0.342 e. The first-order valence-electron chi connectivity index (χ1n) is 8.21. The molecule has 3 rings (SSSR count). The van der Waals surface area contributed by atoms with Crippen molar-refractivity contribution in [1.29, 1.82) is 0 Å². The lowest BCUT2D eigenvalue weighted by Crippen LogP contribution is -2.33. The minimum absolute atomic E-state index is 0.322. The van der Waals surface area contributed by atoms with E-state index in [4.69, 9.17) is 0 Å². The number of carbonyl (C=O) groups excluding carboxylic acids is 1. The van der Waals surface area contributed by atoms with Crippen LogP contribution in [0.15, 0.2) is 18.2 Å². The van der Waals surface area contributed by atoms with Gasteiger partial charge < -0.3 is 4.90 Å². The summed E-state index contributed by atoms with van der Waals surface area (Å²) in [7, 11) is 0. The second-order valence-corrected chi connectivity index (χ2v) is 6.28. The van der Waals surface area contributed by atoms with Crippen molar-refractivity contribution in [3.63, 3.8) is 0 Å². The molecular formula is C18H25NO. The second-order valence-electron chi connectivity index (χ2n) is 6.28. The molecule has 0 N–H and O–H groups in total. The van der Waals surface area contributed by atoms with Gasteiger partial charge in [-0.15, -0.1) is 0 Å². The van der Waals surface area contributed by atoms with E-state index in [9.17, 15) is 4.79 Å². The van der Waals surface area contributed by atoms with Gasteiger partial charge in [-0.05, 0) is 55.2 Å². The average Bonchev–Trinajstić information content (AvgIpc) is 2.76. The van der Waals surface area contributed by atoms with Crippen molar-refractivity contribution in [2.24, 2.45) is 0 Å². The van der Waals surface area contributed by atoms with Crippen LogP contribution in [-0.2, 0) is 24.1 Å². The van der Waals surface area contributed by atoms with E-state index in [0.717, 1.165) is 13.1 Å². The SMILES string of the molecule is O=C(Cc1ccc2c(c1)CCCC2)N1CCCCCC1. The van der Waals surface area contributed by atoms with Gasteiger partial charge in [-0.1, -0.05) is 31.0 Å². The predicted octanol–water partition coefficient (Wildman–Crippen LogP) is 3.51. The molecule has 2 nitrogen and oxygen atoms in total. The molecule has 2 heteroatoms. The maximum absolute atomic E-state index is 12.4. The molecule has 20 heavy (non-hydrogen) atoms. The fourth-order valence-corrected chi connectivity index (χ4v) is 3.50. The molecule has 1 saturated heterocycles. The molecule has 0 spiro atoms. The van der Waals surface area contributed by atoms with Crippen LogP contribution in [0.5, 0.6) is 0 Å². The van der Waals surface area contributed by atoms with Gasteiger partial charge in [0.25, 0.3) is 0 Å². The number of carbonyl (C=O) groups is 1. The highest BCUT2D eigenvalue weighted by atomic mass is 16.2. The van der Waals surface area contributed by atoms with E-state index in [1.54, 1.807) is 0 Å². The lowest BCUT2D eigenvalue weighted by atomic mass is 9.90. The molecule has 0 saturated carbocycles. The fourth-order valence-electron chi connectivity index (χ4n) is 3.50. The number of amides is 1. The lowest BCUT2D eigenvalue weighted by molar-refractivity contribution is -0.130. The molecule has 0 unspecified atom stereocenters. The lowest BCUT2D eigenvalue weighted by Gasteiger charge is -2.21. The van der Waals surface area contributed by atoms with Gasteiger partial charge in [0.15, 0.2) is 0 Å². The van der Waals surface area contributed by atoms with E-state index < -0.39 is 0 Å². The third kappa shape index (κ3) is 3.23. The van der Waals surface area contributed by atoms with E-state index in [0.29, 0.717) is 12.3 Å². The Labute approximate surface area is 122 Å². The highest BCUT2D eigenvalue weighted by Crippen LogP contribution is 2.22. The Kier molecular flexibility index (Phi) is 4.39. The van der Waals surface area contributed by atoms with Gasteiger partial charge in [0.1, 0.15) is 0 Å². The molecule has 1 heterocycles. The Balaban J connectivity index is 1.66. The van der Waals surface area contributed by atoms with Gasteiger partial charge in [0, 0.05) is 13.1 Å². The maximum Gasteiger partial charge on any atom is 0.226 e. The predicted molar refractivity (Wildman–Crippen MR) is 81.8 cm³/mol. The van der Waals surface area contributed by atoms with E-state index >= 15 is 0 Å². The zero-order valence-corrected chi connectivity index (χ0v) is 12.4. The molecule has 1 aliphatic carbocycles. The Morgan fingerprint density at radius 3 is 2.35 bits per heavy atom. The molecule has 0 aromatic heterocycles. The summed E-state index contributed by atoms with van der Waals surface area (Å²) in [5.41, 5.74) is 4.19. The maximum atomic E-state index is 12.4. The van der Waals surface area contributed by atoms with Crippen LogP contribution in [0.3, 0.4) is 0 Å². The number of nitrogens with zero attached hydrogens (tertiary/aromatic N) is 1. The van der Waals surface area contributed by atoms with E-state index in [1.807, 2.05) is 0 Å². The smallest absolute Gasteiger partial charge is 0.226 e. The van der Waals surface area contributed by atoms with Crippen LogP contribution in [0.2, 0.25) is 0 Å². The molecule has 2 aliphatic rings. The van der Waals surface area contributed by atoms with Crippen molar-refractivity contribution < 1.29 is 4.79 Å². The Morgan fingerprint density at radius 1 is 0.900 bits per heavy atom. The molecule has 1 aliphatic heterocycles. The van der Waals surface area contributed by atoms with Gasteiger partial charge in [-0.2, -0.15) is 0 Å². The first kappa shape index (κ1) is 13.7. The molecule has 1 aromatic rings. The van der Waals surface area contributed by atoms with Gasteiger partial charge in [0.2, 0.25) is 5.91 Å². The van der Waals surface area contributed by atoms with Crippen molar-refractivity contribution in [1.82, 2.24) is 4.90 Å². The minimum atomic E-state index is 0.322. The van der Waals surface area contributed by atoms with E-state index in [1.165, 1.54) is 68.1 Å². The summed E-state index contributed by atoms with van der Waals surface area (Å²) in [6.45, 7) is 1.92. The number of hydrogen-bond donors (Lipinski definition) is 0. The van der Waals surface area contributed by atoms with Crippen molar-refractivity contribution in [3.8, 4) is 0 Å². The number of rotatable bonds is 2. The molecule has 0 bridgehead atoms. The Bertz CT molecular complexity index is 472. The molecule has 1 fully saturated rings. The number of likely N-dealkylation sites (tertiary alicyclic amines) is 1. The standard InChI is InChI=1S/C18H25NO/c20-18(19-11-5-1-2-6-12-19)14-15-9-10-16-7-3-4-8-17(16)13-15/h9-10,13H,1-8,11-12,14H2. The monoisotopic (exact) mass is 271 g/mol. The summed E-state index contributed by atoms with van der Waals surface area (Å²) in [6.07, 6.45) is 10.5. The molecule has 0 radical (unpaired) electrons. The van der Waals surface area contributed by atoms with Crippen molar-refractivity contribution >= 4 is 5.91 Å². The number of aryl methyl sites for hydroxylation is 2. The van der Waals surface area contributed by atoms with Gasteiger partial charge in [-0.3, -0.25) is 4.79 Å². The number of hydrogen-bond acceptors (Lipinski definition) is 1. The van der Waals surface area contributed by atoms with Crippen LogP contribution in [0, 0.1) is 0 Å². The number of fused-ring (bicyclic) bond motifs is 1. The van der Waals surface area contributed by atoms with Gasteiger partial charge >= 0.3 is 0 Å². The third-order valence-electron chi connectivity index (χ3n) is 4.73. The molecule has 1 amide bonds. The van der Waals surface area contributed by atoms with Crippen LogP contribution in [-0.4, -0.2) is 23.9 Å². The summed E-state index contributed by atoms with van der Waals surface area (Å²) < 4.78 is 0. The highest BCUT2D eigenvalue weighted by Gasteiger charge is 2.17. The second kappa shape index (κ2) is 6.43. The zero-order valence-electron chi connectivity index (χ0n) is 12.4. The van der Waals surface area contributed by atoms with Crippen LogP contribution < -0.4 is 0 Å². The summed E-state index contributed by atoms with van der Waals surface area (Å²) in [5.74, 6) is 0.322. The summed E-state index contributed by atoms with van der Waals surface area (Å²) in [6, 6.07) is 6.70. The quantitative estimate of drug-likeness (QED) is 0.806. The van der Waals surface area contributed by atoms with Gasteiger partial charge in [-0.25, -0.2) is 0 Å². The van der Waals surface area contributed by atoms with Crippen LogP contribution in [0.25, 0.3) is 0 Å². The third-order valence-corrected chi connectivity index (χ3v) is 4.73. The van der Waals surface area contributed by atoms with Crippen molar-refractivity contribution in [3.05, 3.63) is 34.9 Å². The summed E-state index contributed by atoms with van der Waals surface area (Å²) in [5, 5.41) is 0. The topological polar surface area (TPSA) is 20.3 Å². The van der Waals surface area contributed by atoms with Crippen molar-refractivity contribution in [2.75, 3.05) is 13.1 Å². The largest absolute Gasteiger partial charge is 0.342 e. The molecular weight excluding hydrogens is 246 g/mol. The Hall–Kier alpha value is -1.31. The summed E-state index contributed by atoms with van der Waals surface area (Å²) in [4.78, 5) is 14.5.